The van der Waals surface area contributed by atoms with Crippen molar-refractivity contribution in [3.8, 4) is 6.07 Å². The van der Waals surface area contributed by atoms with Crippen molar-refractivity contribution in [2.24, 2.45) is 5.92 Å². The Morgan fingerprint density at radius 3 is 2.44 bits per heavy atom. The minimum Gasteiger partial charge on any atom is -0.381 e. The summed E-state index contributed by atoms with van der Waals surface area (Å²) in [6.45, 7) is 3.55. The van der Waals surface area contributed by atoms with E-state index in [1.54, 1.807) is 0 Å². The van der Waals surface area contributed by atoms with Gasteiger partial charge in [-0.2, -0.15) is 5.26 Å². The number of rotatable bonds is 4. The molecule has 0 aromatic heterocycles. The summed E-state index contributed by atoms with van der Waals surface area (Å²) in [7, 11) is 0. The molecule has 1 aliphatic carbocycles. The zero-order chi connectivity index (χ0) is 11.2. The largest absolute Gasteiger partial charge is 0.381 e. The monoisotopic (exact) mass is 222 g/mol. The van der Waals surface area contributed by atoms with E-state index in [0.717, 1.165) is 25.7 Å². The number of hydrogen-bond donors (Lipinski definition) is 0. The van der Waals surface area contributed by atoms with Crippen LogP contribution in [0, 0.1) is 17.2 Å². The van der Waals surface area contributed by atoms with Crippen molar-refractivity contribution >= 4 is 0 Å². The standard InChI is InChI=1S/C13H22N2O/c14-7-8-15(13-3-1-2-4-13)11-12-5-9-16-10-6-12/h12-13H,1-6,8-11H2. The average molecular weight is 222 g/mol. The molecule has 0 aromatic carbocycles. The van der Waals surface area contributed by atoms with Gasteiger partial charge in [0.05, 0.1) is 12.6 Å². The minimum atomic E-state index is 0.613. The summed E-state index contributed by atoms with van der Waals surface area (Å²) >= 11 is 0. The predicted molar refractivity (Wildman–Crippen MR) is 63.0 cm³/mol. The molecule has 0 amide bonds. The van der Waals surface area contributed by atoms with Gasteiger partial charge in [0.15, 0.2) is 0 Å². The SMILES string of the molecule is N#CCN(CC1CCOCC1)C1CCCC1. The number of nitriles is 1. The summed E-state index contributed by atoms with van der Waals surface area (Å²) in [4.78, 5) is 2.42. The fraction of sp³-hybridized carbons (Fsp3) is 0.923. The normalized spacial score (nSPS) is 23.8. The average Bonchev–Trinajstić information content (AvgIpc) is 2.83. The second-order valence-electron chi connectivity index (χ2n) is 5.08. The van der Waals surface area contributed by atoms with Crippen molar-refractivity contribution < 1.29 is 4.74 Å². The van der Waals surface area contributed by atoms with E-state index < -0.39 is 0 Å². The van der Waals surface area contributed by atoms with Gasteiger partial charge in [-0.05, 0) is 31.6 Å². The third kappa shape index (κ3) is 3.20. The summed E-state index contributed by atoms with van der Waals surface area (Å²) in [5, 5.41) is 8.91. The Labute approximate surface area is 98.4 Å². The van der Waals surface area contributed by atoms with Gasteiger partial charge in [-0.3, -0.25) is 4.90 Å². The maximum absolute atomic E-state index is 8.91. The lowest BCUT2D eigenvalue weighted by atomic mass is 9.98. The van der Waals surface area contributed by atoms with Crippen LogP contribution in [-0.4, -0.2) is 37.2 Å². The Morgan fingerprint density at radius 2 is 1.81 bits per heavy atom. The molecular weight excluding hydrogens is 200 g/mol. The van der Waals surface area contributed by atoms with Crippen LogP contribution in [-0.2, 0) is 4.74 Å². The highest BCUT2D eigenvalue weighted by molar-refractivity contribution is 4.86. The molecule has 0 N–H and O–H groups in total. The van der Waals surface area contributed by atoms with Crippen molar-refractivity contribution in [2.75, 3.05) is 26.3 Å². The van der Waals surface area contributed by atoms with E-state index in [1.807, 2.05) is 0 Å². The smallest absolute Gasteiger partial charge is 0.0868 e. The first-order valence-electron chi connectivity index (χ1n) is 6.59. The second kappa shape index (κ2) is 6.22. The van der Waals surface area contributed by atoms with E-state index in [2.05, 4.69) is 11.0 Å². The number of hydrogen-bond acceptors (Lipinski definition) is 3. The summed E-state index contributed by atoms with van der Waals surface area (Å²) in [6, 6.07) is 3.01. The summed E-state index contributed by atoms with van der Waals surface area (Å²) in [6.07, 6.45) is 7.64. The van der Waals surface area contributed by atoms with Crippen LogP contribution in [0.15, 0.2) is 0 Å². The lowest BCUT2D eigenvalue weighted by Gasteiger charge is -2.32. The lowest BCUT2D eigenvalue weighted by Crippen LogP contribution is -2.39. The molecule has 1 heterocycles. The molecule has 0 aromatic rings. The molecule has 0 atom stereocenters. The van der Waals surface area contributed by atoms with Gasteiger partial charge in [-0.15, -0.1) is 0 Å². The van der Waals surface area contributed by atoms with E-state index in [4.69, 9.17) is 10.00 Å². The Hall–Kier alpha value is -0.590. The van der Waals surface area contributed by atoms with E-state index in [0.29, 0.717) is 12.6 Å². The van der Waals surface area contributed by atoms with Crippen molar-refractivity contribution in [2.45, 2.75) is 44.6 Å². The van der Waals surface area contributed by atoms with Crippen LogP contribution in [0.5, 0.6) is 0 Å². The van der Waals surface area contributed by atoms with E-state index in [1.165, 1.54) is 38.5 Å². The van der Waals surface area contributed by atoms with E-state index in [-0.39, 0.29) is 0 Å². The van der Waals surface area contributed by atoms with Crippen LogP contribution in [0.2, 0.25) is 0 Å². The van der Waals surface area contributed by atoms with Gasteiger partial charge in [0.2, 0.25) is 0 Å². The summed E-state index contributed by atoms with van der Waals surface area (Å²) in [5.41, 5.74) is 0. The Balaban J connectivity index is 1.83. The number of ether oxygens (including phenoxy) is 1. The Kier molecular flexibility index (Phi) is 4.62. The number of nitrogens with zero attached hydrogens (tertiary/aromatic N) is 2. The van der Waals surface area contributed by atoms with Crippen LogP contribution >= 0.6 is 0 Å². The molecule has 0 unspecified atom stereocenters. The zero-order valence-corrected chi connectivity index (χ0v) is 10.0. The molecule has 1 saturated heterocycles. The fourth-order valence-corrected chi connectivity index (χ4v) is 2.96. The Bertz CT molecular complexity index is 237. The maximum atomic E-state index is 8.91. The molecule has 3 heteroatoms. The van der Waals surface area contributed by atoms with Crippen molar-refractivity contribution in [3.05, 3.63) is 0 Å². The minimum absolute atomic E-state index is 0.613. The zero-order valence-electron chi connectivity index (χ0n) is 10.0. The molecule has 2 aliphatic rings. The van der Waals surface area contributed by atoms with Gasteiger partial charge in [-0.25, -0.2) is 0 Å². The molecule has 0 bridgehead atoms. The molecule has 2 rings (SSSR count). The van der Waals surface area contributed by atoms with E-state index >= 15 is 0 Å². The van der Waals surface area contributed by atoms with Crippen LogP contribution in [0.1, 0.15) is 38.5 Å². The van der Waals surface area contributed by atoms with Gasteiger partial charge >= 0.3 is 0 Å². The van der Waals surface area contributed by atoms with Crippen LogP contribution in [0.25, 0.3) is 0 Å². The molecule has 0 radical (unpaired) electrons. The summed E-state index contributed by atoms with van der Waals surface area (Å²) in [5.74, 6) is 0.752. The quantitative estimate of drug-likeness (QED) is 0.684. The molecule has 0 spiro atoms. The predicted octanol–water partition coefficient (Wildman–Crippen LogP) is 2.18. The highest BCUT2D eigenvalue weighted by atomic mass is 16.5. The second-order valence-corrected chi connectivity index (χ2v) is 5.08. The maximum Gasteiger partial charge on any atom is 0.0868 e. The first-order valence-corrected chi connectivity index (χ1v) is 6.59. The highest BCUT2D eigenvalue weighted by Gasteiger charge is 2.25. The molecule has 1 saturated carbocycles. The fourth-order valence-electron chi connectivity index (χ4n) is 2.96. The lowest BCUT2D eigenvalue weighted by molar-refractivity contribution is 0.0482. The van der Waals surface area contributed by atoms with Gasteiger partial charge in [0, 0.05) is 25.8 Å². The first-order chi connectivity index (χ1) is 7.90. The molecular formula is C13H22N2O. The molecule has 90 valence electrons. The topological polar surface area (TPSA) is 36.3 Å². The molecule has 2 fully saturated rings. The third-order valence-electron chi connectivity index (χ3n) is 3.95. The van der Waals surface area contributed by atoms with Crippen LogP contribution in [0.3, 0.4) is 0 Å². The Morgan fingerprint density at radius 1 is 1.12 bits per heavy atom. The van der Waals surface area contributed by atoms with E-state index in [9.17, 15) is 0 Å². The third-order valence-corrected chi connectivity index (χ3v) is 3.95. The van der Waals surface area contributed by atoms with Crippen LogP contribution in [0.4, 0.5) is 0 Å². The van der Waals surface area contributed by atoms with Crippen molar-refractivity contribution in [3.63, 3.8) is 0 Å². The van der Waals surface area contributed by atoms with Gasteiger partial charge in [0.25, 0.3) is 0 Å². The van der Waals surface area contributed by atoms with Crippen molar-refractivity contribution in [1.29, 1.82) is 5.26 Å². The molecule has 3 nitrogen and oxygen atoms in total. The highest BCUT2D eigenvalue weighted by Crippen LogP contribution is 2.25. The molecule has 16 heavy (non-hydrogen) atoms. The van der Waals surface area contributed by atoms with Gasteiger partial charge in [0.1, 0.15) is 0 Å². The molecule has 1 aliphatic heterocycles. The summed E-state index contributed by atoms with van der Waals surface area (Å²) < 4.78 is 5.38. The first kappa shape index (κ1) is 11.9. The van der Waals surface area contributed by atoms with Gasteiger partial charge < -0.3 is 4.74 Å². The van der Waals surface area contributed by atoms with Crippen molar-refractivity contribution in [1.82, 2.24) is 4.90 Å². The van der Waals surface area contributed by atoms with Gasteiger partial charge in [-0.1, -0.05) is 12.8 Å². The van der Waals surface area contributed by atoms with Crippen LogP contribution < -0.4 is 0 Å².